The summed E-state index contributed by atoms with van der Waals surface area (Å²) in [5.41, 5.74) is 1.12. The topological polar surface area (TPSA) is 49.4 Å². The van der Waals surface area contributed by atoms with Crippen LogP contribution in [0.2, 0.25) is 15.1 Å². The van der Waals surface area contributed by atoms with Gasteiger partial charge in [-0.2, -0.15) is 0 Å². The summed E-state index contributed by atoms with van der Waals surface area (Å²) in [5.74, 6) is -0.858. The molecule has 0 saturated carbocycles. The first-order valence-electron chi connectivity index (χ1n) is 7.26. The van der Waals surface area contributed by atoms with Gasteiger partial charge in [0.15, 0.2) is 0 Å². The van der Waals surface area contributed by atoms with Gasteiger partial charge >= 0.3 is 0 Å². The minimum Gasteiger partial charge on any atom is -0.326 e. The predicted molar refractivity (Wildman–Crippen MR) is 97.0 cm³/mol. The lowest BCUT2D eigenvalue weighted by atomic mass is 10.1. The SMILES string of the molecule is O=C(Nc1cccc(Cl)c1)[C@@H]1CC(=O)N(c2cccc(Cl)c2Cl)C1. The van der Waals surface area contributed by atoms with Crippen LogP contribution >= 0.6 is 34.8 Å². The van der Waals surface area contributed by atoms with Crippen LogP contribution in [-0.2, 0) is 9.59 Å². The third kappa shape index (κ3) is 3.51. The van der Waals surface area contributed by atoms with E-state index in [-0.39, 0.29) is 24.8 Å². The molecule has 1 N–H and O–H groups in total. The summed E-state index contributed by atoms with van der Waals surface area (Å²) in [6, 6.07) is 11.9. The predicted octanol–water partition coefficient (Wildman–Crippen LogP) is 4.64. The maximum Gasteiger partial charge on any atom is 0.229 e. The fourth-order valence-electron chi connectivity index (χ4n) is 2.63. The van der Waals surface area contributed by atoms with Crippen molar-refractivity contribution >= 4 is 58.0 Å². The van der Waals surface area contributed by atoms with Gasteiger partial charge in [0.05, 0.1) is 21.7 Å². The second-order valence-electron chi connectivity index (χ2n) is 5.48. The van der Waals surface area contributed by atoms with Gasteiger partial charge in [0, 0.05) is 23.7 Å². The zero-order chi connectivity index (χ0) is 17.3. The van der Waals surface area contributed by atoms with E-state index in [2.05, 4.69) is 5.32 Å². The van der Waals surface area contributed by atoms with Crippen LogP contribution in [0.15, 0.2) is 42.5 Å². The summed E-state index contributed by atoms with van der Waals surface area (Å²) in [4.78, 5) is 26.2. The Balaban J connectivity index is 1.74. The van der Waals surface area contributed by atoms with E-state index < -0.39 is 5.92 Å². The van der Waals surface area contributed by atoms with Crippen LogP contribution in [-0.4, -0.2) is 18.4 Å². The van der Waals surface area contributed by atoms with E-state index in [1.165, 1.54) is 4.90 Å². The molecule has 7 heteroatoms. The van der Waals surface area contributed by atoms with Gasteiger partial charge in [-0.05, 0) is 30.3 Å². The van der Waals surface area contributed by atoms with Crippen molar-refractivity contribution in [1.82, 2.24) is 0 Å². The lowest BCUT2D eigenvalue weighted by Crippen LogP contribution is -2.28. The zero-order valence-corrected chi connectivity index (χ0v) is 14.7. The number of rotatable bonds is 3. The van der Waals surface area contributed by atoms with E-state index in [4.69, 9.17) is 34.8 Å². The number of halogens is 3. The molecule has 0 spiro atoms. The highest BCUT2D eigenvalue weighted by atomic mass is 35.5. The molecule has 1 atom stereocenters. The number of nitrogens with one attached hydrogen (secondary N) is 1. The average Bonchev–Trinajstić information content (AvgIpc) is 2.92. The van der Waals surface area contributed by atoms with Crippen LogP contribution in [0.25, 0.3) is 0 Å². The molecule has 4 nitrogen and oxygen atoms in total. The molecule has 0 aliphatic carbocycles. The van der Waals surface area contributed by atoms with Crippen molar-refractivity contribution in [2.24, 2.45) is 5.92 Å². The Kier molecular flexibility index (Phi) is 4.99. The highest BCUT2D eigenvalue weighted by Gasteiger charge is 2.36. The smallest absolute Gasteiger partial charge is 0.229 e. The number of hydrogen-bond acceptors (Lipinski definition) is 2. The number of nitrogens with zero attached hydrogens (tertiary/aromatic N) is 1. The second-order valence-corrected chi connectivity index (χ2v) is 6.70. The van der Waals surface area contributed by atoms with E-state index in [1.807, 2.05) is 0 Å². The van der Waals surface area contributed by atoms with Crippen LogP contribution in [0, 0.1) is 5.92 Å². The molecule has 0 aromatic heterocycles. The Morgan fingerprint density at radius 1 is 1.12 bits per heavy atom. The van der Waals surface area contributed by atoms with Gasteiger partial charge in [0.1, 0.15) is 0 Å². The number of amides is 2. The van der Waals surface area contributed by atoms with Crippen molar-refractivity contribution in [3.05, 3.63) is 57.5 Å². The third-order valence-electron chi connectivity index (χ3n) is 3.81. The molecule has 124 valence electrons. The van der Waals surface area contributed by atoms with Crippen LogP contribution < -0.4 is 10.2 Å². The minimum atomic E-state index is -0.466. The largest absolute Gasteiger partial charge is 0.326 e. The highest BCUT2D eigenvalue weighted by Crippen LogP contribution is 2.35. The van der Waals surface area contributed by atoms with Crippen LogP contribution in [0.3, 0.4) is 0 Å². The minimum absolute atomic E-state index is 0.120. The Hall–Kier alpha value is -1.75. The molecule has 2 aromatic carbocycles. The number of carbonyl (C=O) groups is 2. The molecule has 1 fully saturated rings. The van der Waals surface area contributed by atoms with E-state index in [1.54, 1.807) is 42.5 Å². The van der Waals surface area contributed by atoms with Gasteiger partial charge in [-0.15, -0.1) is 0 Å². The van der Waals surface area contributed by atoms with Crippen LogP contribution in [0.5, 0.6) is 0 Å². The van der Waals surface area contributed by atoms with E-state index in [9.17, 15) is 9.59 Å². The van der Waals surface area contributed by atoms with E-state index >= 15 is 0 Å². The van der Waals surface area contributed by atoms with Crippen LogP contribution in [0.1, 0.15) is 6.42 Å². The van der Waals surface area contributed by atoms with Gasteiger partial charge in [0.2, 0.25) is 11.8 Å². The Morgan fingerprint density at radius 3 is 2.62 bits per heavy atom. The van der Waals surface area contributed by atoms with Gasteiger partial charge in [0.25, 0.3) is 0 Å². The molecular weight excluding hydrogens is 371 g/mol. The first-order chi connectivity index (χ1) is 11.5. The Morgan fingerprint density at radius 2 is 1.88 bits per heavy atom. The lowest BCUT2D eigenvalue weighted by molar-refractivity contribution is -0.122. The number of anilines is 2. The van der Waals surface area contributed by atoms with Crippen molar-refractivity contribution in [2.45, 2.75) is 6.42 Å². The number of benzene rings is 2. The summed E-state index contributed by atoms with van der Waals surface area (Å²) in [5, 5.41) is 3.99. The number of hydrogen-bond donors (Lipinski definition) is 1. The molecule has 24 heavy (non-hydrogen) atoms. The average molecular weight is 384 g/mol. The normalized spacial score (nSPS) is 17.2. The standard InChI is InChI=1S/C17H13Cl3N2O2/c18-11-3-1-4-12(8-11)21-17(24)10-7-15(23)22(9-10)14-6-2-5-13(19)16(14)20/h1-6,8,10H,7,9H2,(H,21,24)/t10-/m1/s1. The molecule has 1 heterocycles. The van der Waals surface area contributed by atoms with Gasteiger partial charge < -0.3 is 10.2 Å². The van der Waals surface area contributed by atoms with Crippen molar-refractivity contribution in [1.29, 1.82) is 0 Å². The lowest BCUT2D eigenvalue weighted by Gasteiger charge is -2.18. The van der Waals surface area contributed by atoms with E-state index in [0.29, 0.717) is 26.4 Å². The van der Waals surface area contributed by atoms with Crippen molar-refractivity contribution in [3.63, 3.8) is 0 Å². The summed E-state index contributed by atoms with van der Waals surface area (Å²) < 4.78 is 0. The Bertz CT molecular complexity index is 810. The molecular formula is C17H13Cl3N2O2. The molecule has 1 saturated heterocycles. The van der Waals surface area contributed by atoms with Crippen LogP contribution in [0.4, 0.5) is 11.4 Å². The summed E-state index contributed by atoms with van der Waals surface area (Å²) in [6.45, 7) is 0.255. The number of carbonyl (C=O) groups excluding carboxylic acids is 2. The monoisotopic (exact) mass is 382 g/mol. The first-order valence-corrected chi connectivity index (χ1v) is 8.40. The van der Waals surface area contributed by atoms with Crippen molar-refractivity contribution in [2.75, 3.05) is 16.8 Å². The van der Waals surface area contributed by atoms with Crippen molar-refractivity contribution in [3.8, 4) is 0 Å². The fraction of sp³-hybridized carbons (Fsp3) is 0.176. The zero-order valence-electron chi connectivity index (χ0n) is 12.4. The maximum atomic E-state index is 12.4. The van der Waals surface area contributed by atoms with Gasteiger partial charge in [-0.25, -0.2) is 0 Å². The molecule has 3 rings (SSSR count). The molecule has 0 radical (unpaired) electrons. The molecule has 2 amide bonds. The highest BCUT2D eigenvalue weighted by molar-refractivity contribution is 6.44. The Labute approximate surface area is 154 Å². The quantitative estimate of drug-likeness (QED) is 0.839. The molecule has 1 aliphatic rings. The van der Waals surface area contributed by atoms with Gasteiger partial charge in [-0.3, -0.25) is 9.59 Å². The molecule has 0 unspecified atom stereocenters. The summed E-state index contributed by atoms with van der Waals surface area (Å²) in [7, 11) is 0. The third-order valence-corrected chi connectivity index (χ3v) is 4.85. The summed E-state index contributed by atoms with van der Waals surface area (Å²) in [6.07, 6.45) is 0.120. The molecule has 2 aromatic rings. The van der Waals surface area contributed by atoms with Crippen molar-refractivity contribution < 1.29 is 9.59 Å². The molecule has 0 bridgehead atoms. The van der Waals surface area contributed by atoms with E-state index in [0.717, 1.165) is 0 Å². The second kappa shape index (κ2) is 7.01. The fourth-order valence-corrected chi connectivity index (χ4v) is 3.22. The van der Waals surface area contributed by atoms with Gasteiger partial charge in [-0.1, -0.05) is 46.9 Å². The first kappa shape index (κ1) is 17.1. The maximum absolute atomic E-state index is 12.4. The summed E-state index contributed by atoms with van der Waals surface area (Å²) >= 11 is 18.1. The molecule has 1 aliphatic heterocycles.